The van der Waals surface area contributed by atoms with Gasteiger partial charge in [0.25, 0.3) is 0 Å². The Morgan fingerprint density at radius 3 is 2.50 bits per heavy atom. The molecule has 0 aliphatic carbocycles. The second-order valence-corrected chi connectivity index (χ2v) is 3.57. The van der Waals surface area contributed by atoms with Gasteiger partial charge in [-0.1, -0.05) is 6.92 Å². The van der Waals surface area contributed by atoms with E-state index in [1.807, 2.05) is 6.92 Å². The SMILES string of the molecule is CCC(CCC(=O)O)Oc1ccc(O)cc1. The van der Waals surface area contributed by atoms with Crippen LogP contribution >= 0.6 is 0 Å². The van der Waals surface area contributed by atoms with E-state index in [9.17, 15) is 4.79 Å². The van der Waals surface area contributed by atoms with E-state index < -0.39 is 5.97 Å². The normalized spacial score (nSPS) is 12.1. The molecule has 1 aromatic rings. The number of hydrogen-bond acceptors (Lipinski definition) is 3. The maximum absolute atomic E-state index is 10.4. The van der Waals surface area contributed by atoms with Crippen molar-refractivity contribution in [1.29, 1.82) is 0 Å². The van der Waals surface area contributed by atoms with Gasteiger partial charge in [0.1, 0.15) is 11.5 Å². The van der Waals surface area contributed by atoms with Crippen LogP contribution in [-0.4, -0.2) is 22.3 Å². The fourth-order valence-electron chi connectivity index (χ4n) is 1.35. The van der Waals surface area contributed by atoms with Crippen LogP contribution in [0, 0.1) is 0 Å². The van der Waals surface area contributed by atoms with Crippen molar-refractivity contribution in [1.82, 2.24) is 0 Å². The minimum absolute atomic E-state index is 0.0966. The molecule has 0 amide bonds. The zero-order valence-electron chi connectivity index (χ0n) is 9.22. The first-order chi connectivity index (χ1) is 7.61. The van der Waals surface area contributed by atoms with Crippen LogP contribution in [-0.2, 0) is 4.79 Å². The Kier molecular flexibility index (Phi) is 4.64. The van der Waals surface area contributed by atoms with E-state index in [1.54, 1.807) is 24.3 Å². The van der Waals surface area contributed by atoms with Gasteiger partial charge in [-0.15, -0.1) is 0 Å². The summed E-state index contributed by atoms with van der Waals surface area (Å²) >= 11 is 0. The number of carboxylic acids is 1. The molecule has 1 aromatic carbocycles. The third-order valence-electron chi connectivity index (χ3n) is 2.27. The summed E-state index contributed by atoms with van der Waals surface area (Å²) in [4.78, 5) is 10.4. The summed E-state index contributed by atoms with van der Waals surface area (Å²) in [6, 6.07) is 6.41. The number of hydrogen-bond donors (Lipinski definition) is 2. The number of rotatable bonds is 6. The Bertz CT molecular complexity index is 331. The van der Waals surface area contributed by atoms with Crippen molar-refractivity contribution in [3.8, 4) is 11.5 Å². The van der Waals surface area contributed by atoms with Crippen LogP contribution in [0.4, 0.5) is 0 Å². The van der Waals surface area contributed by atoms with E-state index >= 15 is 0 Å². The van der Waals surface area contributed by atoms with Crippen LogP contribution in [0.5, 0.6) is 11.5 Å². The molecular formula is C12H16O4. The molecule has 0 heterocycles. The minimum atomic E-state index is -0.812. The Labute approximate surface area is 94.5 Å². The molecule has 0 saturated carbocycles. The lowest BCUT2D eigenvalue weighted by Crippen LogP contribution is -2.16. The molecule has 0 saturated heterocycles. The van der Waals surface area contributed by atoms with E-state index in [2.05, 4.69) is 0 Å². The van der Waals surface area contributed by atoms with Crippen molar-refractivity contribution in [3.05, 3.63) is 24.3 Å². The quantitative estimate of drug-likeness (QED) is 0.778. The van der Waals surface area contributed by atoms with Gasteiger partial charge in [0.15, 0.2) is 0 Å². The first-order valence-corrected chi connectivity index (χ1v) is 5.29. The summed E-state index contributed by atoms with van der Waals surface area (Å²) in [5.41, 5.74) is 0. The molecule has 0 bridgehead atoms. The fraction of sp³-hybridized carbons (Fsp3) is 0.417. The molecule has 2 N–H and O–H groups in total. The van der Waals surface area contributed by atoms with Gasteiger partial charge >= 0.3 is 5.97 Å². The summed E-state index contributed by atoms with van der Waals surface area (Å²) in [5.74, 6) is 0.0220. The second kappa shape index (κ2) is 6.00. The average Bonchev–Trinajstić information content (AvgIpc) is 2.26. The van der Waals surface area contributed by atoms with Crippen LogP contribution in [0.25, 0.3) is 0 Å². The number of aromatic hydroxyl groups is 1. The lowest BCUT2D eigenvalue weighted by atomic mass is 10.1. The van der Waals surface area contributed by atoms with Crippen molar-refractivity contribution in [2.24, 2.45) is 0 Å². The van der Waals surface area contributed by atoms with Crippen molar-refractivity contribution < 1.29 is 19.7 Å². The van der Waals surface area contributed by atoms with E-state index in [1.165, 1.54) is 0 Å². The number of ether oxygens (including phenoxy) is 1. The molecular weight excluding hydrogens is 208 g/mol. The van der Waals surface area contributed by atoms with Gasteiger partial charge in [0.05, 0.1) is 6.10 Å². The number of aliphatic carboxylic acids is 1. The van der Waals surface area contributed by atoms with Crippen molar-refractivity contribution in [2.75, 3.05) is 0 Å². The predicted molar refractivity (Wildman–Crippen MR) is 59.7 cm³/mol. The predicted octanol–water partition coefficient (Wildman–Crippen LogP) is 2.41. The average molecular weight is 224 g/mol. The number of benzene rings is 1. The van der Waals surface area contributed by atoms with E-state index in [4.69, 9.17) is 14.9 Å². The Morgan fingerprint density at radius 2 is 2.00 bits per heavy atom. The lowest BCUT2D eigenvalue weighted by Gasteiger charge is -2.16. The topological polar surface area (TPSA) is 66.8 Å². The highest BCUT2D eigenvalue weighted by Crippen LogP contribution is 2.19. The van der Waals surface area contributed by atoms with Gasteiger partial charge in [0.2, 0.25) is 0 Å². The summed E-state index contributed by atoms with van der Waals surface area (Å²) in [5, 5.41) is 17.7. The number of phenols is 1. The van der Waals surface area contributed by atoms with Crippen molar-refractivity contribution in [2.45, 2.75) is 32.3 Å². The molecule has 0 spiro atoms. The maximum atomic E-state index is 10.4. The van der Waals surface area contributed by atoms with Crippen LogP contribution in [0.3, 0.4) is 0 Å². The summed E-state index contributed by atoms with van der Waals surface area (Å²) in [6.07, 6.45) is 1.26. The Balaban J connectivity index is 2.49. The highest BCUT2D eigenvalue weighted by atomic mass is 16.5. The van der Waals surface area contributed by atoms with Crippen LogP contribution in [0.2, 0.25) is 0 Å². The number of carboxylic acid groups (broad SMARTS) is 1. The van der Waals surface area contributed by atoms with Gasteiger partial charge in [-0.2, -0.15) is 0 Å². The van der Waals surface area contributed by atoms with Crippen LogP contribution in [0.1, 0.15) is 26.2 Å². The molecule has 88 valence electrons. The van der Waals surface area contributed by atoms with Gasteiger partial charge < -0.3 is 14.9 Å². The molecule has 0 aliphatic heterocycles. The molecule has 1 atom stereocenters. The number of phenolic OH excluding ortho intramolecular Hbond substituents is 1. The summed E-state index contributed by atoms with van der Waals surface area (Å²) in [6.45, 7) is 1.95. The minimum Gasteiger partial charge on any atom is -0.508 e. The monoisotopic (exact) mass is 224 g/mol. The van der Waals surface area contributed by atoms with Crippen LogP contribution < -0.4 is 4.74 Å². The molecule has 4 nitrogen and oxygen atoms in total. The molecule has 0 fully saturated rings. The molecule has 1 unspecified atom stereocenters. The standard InChI is InChI=1S/C12H16O4/c1-2-10(7-8-12(14)15)16-11-5-3-9(13)4-6-11/h3-6,10,13H,2,7-8H2,1H3,(H,14,15). The summed E-state index contributed by atoms with van der Waals surface area (Å²) < 4.78 is 5.59. The van der Waals surface area contributed by atoms with E-state index in [-0.39, 0.29) is 18.3 Å². The second-order valence-electron chi connectivity index (χ2n) is 3.57. The third kappa shape index (κ3) is 4.21. The van der Waals surface area contributed by atoms with Gasteiger partial charge in [-0.3, -0.25) is 4.79 Å². The maximum Gasteiger partial charge on any atom is 0.303 e. The zero-order valence-corrected chi connectivity index (χ0v) is 9.22. The van der Waals surface area contributed by atoms with Crippen molar-refractivity contribution >= 4 is 5.97 Å². The van der Waals surface area contributed by atoms with Crippen LogP contribution in [0.15, 0.2) is 24.3 Å². The molecule has 4 heteroatoms. The zero-order chi connectivity index (χ0) is 12.0. The van der Waals surface area contributed by atoms with Gasteiger partial charge in [-0.05, 0) is 37.1 Å². The first-order valence-electron chi connectivity index (χ1n) is 5.29. The fourth-order valence-corrected chi connectivity index (χ4v) is 1.35. The molecule has 0 aromatic heterocycles. The highest BCUT2D eigenvalue weighted by Gasteiger charge is 2.10. The number of carbonyl (C=O) groups is 1. The third-order valence-corrected chi connectivity index (χ3v) is 2.27. The van der Waals surface area contributed by atoms with Gasteiger partial charge in [-0.25, -0.2) is 0 Å². The summed E-state index contributed by atoms with van der Waals surface area (Å²) in [7, 11) is 0. The lowest BCUT2D eigenvalue weighted by molar-refractivity contribution is -0.137. The first kappa shape index (κ1) is 12.4. The Hall–Kier alpha value is -1.71. The highest BCUT2D eigenvalue weighted by molar-refractivity contribution is 5.66. The van der Waals surface area contributed by atoms with E-state index in [0.717, 1.165) is 6.42 Å². The largest absolute Gasteiger partial charge is 0.508 e. The van der Waals surface area contributed by atoms with E-state index in [0.29, 0.717) is 12.2 Å². The Morgan fingerprint density at radius 1 is 1.38 bits per heavy atom. The van der Waals surface area contributed by atoms with Gasteiger partial charge in [0, 0.05) is 6.42 Å². The molecule has 1 rings (SSSR count). The van der Waals surface area contributed by atoms with Crippen molar-refractivity contribution in [3.63, 3.8) is 0 Å². The smallest absolute Gasteiger partial charge is 0.303 e. The molecule has 0 aliphatic rings. The molecule has 16 heavy (non-hydrogen) atoms. The molecule has 0 radical (unpaired) electrons.